The summed E-state index contributed by atoms with van der Waals surface area (Å²) in [5.74, 6) is 0.142. The van der Waals surface area contributed by atoms with Crippen molar-refractivity contribution in [3.05, 3.63) is 35.6 Å². The van der Waals surface area contributed by atoms with Gasteiger partial charge in [-0.15, -0.1) is 0 Å². The standard InChI is InChI=1S/C17H19FN6O/c1-10-9-25-13(7-20)8-24(10)16-5-15(22-17(21)23-16)11-2-3-12(6-19)14(18)4-11/h2-5,10,13H,7-9,20H2,1H3,(H2,21,22,23)/t10?,13-/m1/s1. The van der Waals surface area contributed by atoms with Crippen LogP contribution in [0.5, 0.6) is 0 Å². The lowest BCUT2D eigenvalue weighted by Gasteiger charge is -2.38. The van der Waals surface area contributed by atoms with Gasteiger partial charge in [-0.05, 0) is 19.1 Å². The zero-order chi connectivity index (χ0) is 18.0. The zero-order valence-corrected chi connectivity index (χ0v) is 13.8. The summed E-state index contributed by atoms with van der Waals surface area (Å²) in [7, 11) is 0. The first-order valence-corrected chi connectivity index (χ1v) is 7.94. The van der Waals surface area contributed by atoms with Gasteiger partial charge in [0.25, 0.3) is 0 Å². The molecule has 25 heavy (non-hydrogen) atoms. The molecule has 0 amide bonds. The highest BCUT2D eigenvalue weighted by Gasteiger charge is 2.27. The normalized spacial score (nSPS) is 20.3. The summed E-state index contributed by atoms with van der Waals surface area (Å²) >= 11 is 0. The fourth-order valence-electron chi connectivity index (χ4n) is 2.79. The lowest BCUT2D eigenvalue weighted by atomic mass is 10.1. The number of rotatable bonds is 3. The minimum absolute atomic E-state index is 0.0152. The van der Waals surface area contributed by atoms with E-state index in [9.17, 15) is 4.39 Å². The van der Waals surface area contributed by atoms with Crippen molar-refractivity contribution < 1.29 is 9.13 Å². The molecule has 2 atom stereocenters. The summed E-state index contributed by atoms with van der Waals surface area (Å²) in [6.45, 7) is 3.56. The smallest absolute Gasteiger partial charge is 0.222 e. The van der Waals surface area contributed by atoms with E-state index < -0.39 is 5.82 Å². The van der Waals surface area contributed by atoms with Gasteiger partial charge < -0.3 is 21.1 Å². The quantitative estimate of drug-likeness (QED) is 0.864. The number of ether oxygens (including phenoxy) is 1. The number of nitriles is 1. The van der Waals surface area contributed by atoms with Crippen molar-refractivity contribution in [2.45, 2.75) is 19.1 Å². The topological polar surface area (TPSA) is 114 Å². The maximum absolute atomic E-state index is 13.9. The summed E-state index contributed by atoms with van der Waals surface area (Å²) in [5.41, 5.74) is 12.6. The Morgan fingerprint density at radius 3 is 2.88 bits per heavy atom. The molecule has 0 spiro atoms. The van der Waals surface area contributed by atoms with Gasteiger partial charge in [-0.2, -0.15) is 10.2 Å². The van der Waals surface area contributed by atoms with Crippen LogP contribution in [0.25, 0.3) is 11.3 Å². The zero-order valence-electron chi connectivity index (χ0n) is 13.8. The molecule has 1 aliphatic heterocycles. The molecule has 4 N–H and O–H groups in total. The van der Waals surface area contributed by atoms with Gasteiger partial charge in [-0.25, -0.2) is 9.37 Å². The van der Waals surface area contributed by atoms with Crippen LogP contribution in [0.4, 0.5) is 16.2 Å². The maximum Gasteiger partial charge on any atom is 0.222 e. The molecule has 2 heterocycles. The highest BCUT2D eigenvalue weighted by atomic mass is 19.1. The van der Waals surface area contributed by atoms with Crippen molar-refractivity contribution in [1.82, 2.24) is 9.97 Å². The van der Waals surface area contributed by atoms with E-state index in [0.29, 0.717) is 36.8 Å². The second-order valence-corrected chi connectivity index (χ2v) is 5.97. The number of hydrogen-bond acceptors (Lipinski definition) is 7. The Morgan fingerprint density at radius 2 is 2.20 bits per heavy atom. The molecule has 8 heteroatoms. The van der Waals surface area contributed by atoms with Gasteiger partial charge in [0.1, 0.15) is 17.7 Å². The molecule has 1 fully saturated rings. The second kappa shape index (κ2) is 7.01. The van der Waals surface area contributed by atoms with Crippen LogP contribution in [-0.2, 0) is 4.74 Å². The minimum Gasteiger partial charge on any atom is -0.373 e. The van der Waals surface area contributed by atoms with E-state index in [0.717, 1.165) is 0 Å². The number of aromatic nitrogens is 2. The van der Waals surface area contributed by atoms with E-state index in [1.807, 2.05) is 6.92 Å². The average molecular weight is 342 g/mol. The number of morpholine rings is 1. The summed E-state index contributed by atoms with van der Waals surface area (Å²) in [5, 5.41) is 8.85. The van der Waals surface area contributed by atoms with Crippen LogP contribution >= 0.6 is 0 Å². The molecule has 2 aromatic rings. The van der Waals surface area contributed by atoms with E-state index in [1.54, 1.807) is 18.2 Å². The van der Waals surface area contributed by atoms with Gasteiger partial charge in [0.05, 0.1) is 30.0 Å². The van der Waals surface area contributed by atoms with Crippen LogP contribution in [0, 0.1) is 17.1 Å². The van der Waals surface area contributed by atoms with Crippen LogP contribution in [0.2, 0.25) is 0 Å². The second-order valence-electron chi connectivity index (χ2n) is 5.97. The number of benzene rings is 1. The van der Waals surface area contributed by atoms with E-state index in [2.05, 4.69) is 14.9 Å². The highest BCUT2D eigenvalue weighted by molar-refractivity contribution is 5.65. The summed E-state index contributed by atoms with van der Waals surface area (Å²) in [4.78, 5) is 10.6. The molecule has 1 unspecified atom stereocenters. The molecule has 7 nitrogen and oxygen atoms in total. The van der Waals surface area contributed by atoms with Crippen LogP contribution in [-0.4, -0.2) is 41.8 Å². The molecule has 0 radical (unpaired) electrons. The van der Waals surface area contributed by atoms with Gasteiger partial charge in [-0.1, -0.05) is 6.07 Å². The largest absolute Gasteiger partial charge is 0.373 e. The third kappa shape index (κ3) is 3.52. The third-order valence-corrected chi connectivity index (χ3v) is 4.18. The number of hydrogen-bond donors (Lipinski definition) is 2. The molecule has 1 aromatic heterocycles. The van der Waals surface area contributed by atoms with Crippen LogP contribution in [0.15, 0.2) is 24.3 Å². The molecular formula is C17H19FN6O. The number of halogens is 1. The van der Waals surface area contributed by atoms with Gasteiger partial charge in [0.2, 0.25) is 5.95 Å². The van der Waals surface area contributed by atoms with Gasteiger partial charge in [-0.3, -0.25) is 0 Å². The van der Waals surface area contributed by atoms with Gasteiger partial charge in [0, 0.05) is 24.7 Å². The van der Waals surface area contributed by atoms with E-state index in [1.165, 1.54) is 12.1 Å². The van der Waals surface area contributed by atoms with Crippen LogP contribution in [0.3, 0.4) is 0 Å². The minimum atomic E-state index is -0.596. The molecule has 0 aliphatic carbocycles. The molecule has 1 aromatic carbocycles. The van der Waals surface area contributed by atoms with Gasteiger partial charge >= 0.3 is 0 Å². The molecular weight excluding hydrogens is 323 g/mol. The van der Waals surface area contributed by atoms with Crippen molar-refractivity contribution in [1.29, 1.82) is 5.26 Å². The number of nitrogens with zero attached hydrogens (tertiary/aromatic N) is 4. The molecule has 3 rings (SSSR count). The lowest BCUT2D eigenvalue weighted by Crippen LogP contribution is -2.51. The lowest BCUT2D eigenvalue weighted by molar-refractivity contribution is 0.0280. The number of nitrogens with two attached hydrogens (primary N) is 2. The first-order chi connectivity index (χ1) is 12.0. The summed E-state index contributed by atoms with van der Waals surface area (Å²) in [6.07, 6.45) is -0.0804. The van der Waals surface area contributed by atoms with Crippen molar-refractivity contribution in [3.8, 4) is 17.3 Å². The van der Waals surface area contributed by atoms with E-state index in [-0.39, 0.29) is 23.7 Å². The monoisotopic (exact) mass is 342 g/mol. The van der Waals surface area contributed by atoms with Crippen LogP contribution in [0.1, 0.15) is 12.5 Å². The molecule has 1 aliphatic rings. The predicted octanol–water partition coefficient (Wildman–Crippen LogP) is 1.29. The Labute approximate surface area is 145 Å². The van der Waals surface area contributed by atoms with E-state index in [4.69, 9.17) is 21.5 Å². The van der Waals surface area contributed by atoms with Crippen molar-refractivity contribution in [2.24, 2.45) is 5.73 Å². The van der Waals surface area contributed by atoms with Crippen molar-refractivity contribution in [2.75, 3.05) is 30.3 Å². The highest BCUT2D eigenvalue weighted by Crippen LogP contribution is 2.27. The Kier molecular flexibility index (Phi) is 4.79. The first-order valence-electron chi connectivity index (χ1n) is 7.94. The Balaban J connectivity index is 1.98. The number of anilines is 2. The molecule has 0 saturated carbocycles. The predicted molar refractivity (Wildman–Crippen MR) is 92.2 cm³/mol. The molecule has 0 bridgehead atoms. The van der Waals surface area contributed by atoms with Crippen molar-refractivity contribution in [3.63, 3.8) is 0 Å². The summed E-state index contributed by atoms with van der Waals surface area (Å²) < 4.78 is 19.6. The fourth-order valence-corrected chi connectivity index (χ4v) is 2.79. The third-order valence-electron chi connectivity index (χ3n) is 4.18. The fraction of sp³-hybridized carbons (Fsp3) is 0.353. The molecule has 130 valence electrons. The summed E-state index contributed by atoms with van der Waals surface area (Å²) in [6, 6.07) is 7.99. The number of nitrogen functional groups attached to an aromatic ring is 1. The van der Waals surface area contributed by atoms with E-state index >= 15 is 0 Å². The maximum atomic E-state index is 13.9. The first kappa shape index (κ1) is 17.1. The molecule has 1 saturated heterocycles. The Hall–Kier alpha value is -2.76. The Morgan fingerprint density at radius 1 is 1.40 bits per heavy atom. The van der Waals surface area contributed by atoms with Crippen LogP contribution < -0.4 is 16.4 Å². The Bertz CT molecular complexity index is 821. The average Bonchev–Trinajstić information content (AvgIpc) is 2.61. The van der Waals surface area contributed by atoms with Gasteiger partial charge in [0.15, 0.2) is 0 Å². The van der Waals surface area contributed by atoms with Crippen molar-refractivity contribution >= 4 is 11.8 Å². The SMILES string of the molecule is CC1CO[C@H](CN)CN1c1cc(-c2ccc(C#N)c(F)c2)nc(N)n1.